The average Bonchev–Trinajstić information content (AvgIpc) is 2.16. The minimum Gasteiger partial charge on any atom is -0.504 e. The summed E-state index contributed by atoms with van der Waals surface area (Å²) >= 11 is 5.38. The summed E-state index contributed by atoms with van der Waals surface area (Å²) in [7, 11) is 1.53. The second-order valence-corrected chi connectivity index (χ2v) is 3.40. The fourth-order valence-corrected chi connectivity index (χ4v) is 1.40. The summed E-state index contributed by atoms with van der Waals surface area (Å²) in [6, 6.07) is 0.655. The number of aliphatic hydroxyl groups excluding tert-OH is 1. The van der Waals surface area contributed by atoms with E-state index in [2.05, 4.69) is 5.32 Å². The molecule has 0 saturated carbocycles. The largest absolute Gasteiger partial charge is 0.504 e. The Kier molecular flexibility index (Phi) is 3.84. The van der Waals surface area contributed by atoms with Gasteiger partial charge in [0, 0.05) is 6.54 Å². The summed E-state index contributed by atoms with van der Waals surface area (Å²) in [6.07, 6.45) is -1.36. The van der Waals surface area contributed by atoms with Gasteiger partial charge in [-0.3, -0.25) is 0 Å². The van der Waals surface area contributed by atoms with Crippen molar-refractivity contribution in [3.05, 3.63) is 28.3 Å². The molecule has 84 valence electrons. The number of hydrogen-bond acceptors (Lipinski definition) is 3. The average molecular weight is 238 g/mol. The molecule has 0 aliphatic rings. The molecule has 0 amide bonds. The monoisotopic (exact) mass is 237 g/mol. The third-order valence-corrected chi connectivity index (χ3v) is 2.19. The summed E-state index contributed by atoms with van der Waals surface area (Å²) in [5.74, 6) is -3.00. The molecule has 3 N–H and O–H groups in total. The molecule has 0 spiro atoms. The summed E-state index contributed by atoms with van der Waals surface area (Å²) in [5, 5.41) is 20.8. The summed E-state index contributed by atoms with van der Waals surface area (Å²) in [5.41, 5.74) is -0.533. The van der Waals surface area contributed by atoms with Crippen LogP contribution < -0.4 is 5.32 Å². The van der Waals surface area contributed by atoms with E-state index in [0.717, 1.165) is 0 Å². The van der Waals surface area contributed by atoms with Gasteiger partial charge in [-0.1, -0.05) is 11.6 Å². The molecule has 0 radical (unpaired) electrons. The van der Waals surface area contributed by atoms with Crippen LogP contribution in [0, 0.1) is 11.6 Å². The molecule has 0 aliphatic carbocycles. The number of hydrogen-bond donors (Lipinski definition) is 3. The van der Waals surface area contributed by atoms with Crippen molar-refractivity contribution < 1.29 is 19.0 Å². The molecule has 0 aliphatic heterocycles. The number of aliphatic hydroxyl groups is 1. The van der Waals surface area contributed by atoms with Crippen LogP contribution in [-0.2, 0) is 0 Å². The van der Waals surface area contributed by atoms with Gasteiger partial charge in [-0.2, -0.15) is 0 Å². The van der Waals surface area contributed by atoms with Crippen LogP contribution in [0.3, 0.4) is 0 Å². The van der Waals surface area contributed by atoms with Crippen LogP contribution in [0.5, 0.6) is 5.75 Å². The van der Waals surface area contributed by atoms with E-state index < -0.39 is 34.1 Å². The minimum atomic E-state index is -1.36. The van der Waals surface area contributed by atoms with E-state index >= 15 is 0 Å². The molecule has 1 rings (SSSR count). The predicted octanol–water partition coefficient (Wildman–Crippen LogP) is 1.58. The van der Waals surface area contributed by atoms with Crippen LogP contribution >= 0.6 is 11.6 Å². The van der Waals surface area contributed by atoms with Crippen LogP contribution in [0.25, 0.3) is 0 Å². The van der Waals surface area contributed by atoms with Gasteiger partial charge in [-0.15, -0.1) is 0 Å². The lowest BCUT2D eigenvalue weighted by molar-refractivity contribution is 0.167. The molecular formula is C9H10ClF2NO2. The second kappa shape index (κ2) is 4.74. The molecule has 1 aromatic carbocycles. The van der Waals surface area contributed by atoms with Gasteiger partial charge >= 0.3 is 0 Å². The lowest BCUT2D eigenvalue weighted by Gasteiger charge is -2.14. The van der Waals surface area contributed by atoms with Crippen molar-refractivity contribution in [3.63, 3.8) is 0 Å². The highest BCUT2D eigenvalue weighted by Gasteiger charge is 2.22. The van der Waals surface area contributed by atoms with Crippen molar-refractivity contribution in [1.29, 1.82) is 0 Å². The number of phenolic OH excluding ortho intramolecular Hbond substituents is 1. The van der Waals surface area contributed by atoms with E-state index in [1.165, 1.54) is 7.05 Å². The smallest absolute Gasteiger partial charge is 0.166 e. The molecule has 1 atom stereocenters. The lowest BCUT2D eigenvalue weighted by atomic mass is 10.1. The first-order chi connectivity index (χ1) is 6.99. The van der Waals surface area contributed by atoms with E-state index in [9.17, 15) is 19.0 Å². The van der Waals surface area contributed by atoms with Crippen LogP contribution in [0.1, 0.15) is 11.7 Å². The van der Waals surface area contributed by atoms with Gasteiger partial charge in [0.25, 0.3) is 0 Å². The Morgan fingerprint density at radius 3 is 2.67 bits per heavy atom. The molecule has 6 heteroatoms. The van der Waals surface area contributed by atoms with Crippen molar-refractivity contribution in [2.24, 2.45) is 0 Å². The van der Waals surface area contributed by atoms with Gasteiger partial charge in [-0.05, 0) is 13.1 Å². The Hall–Kier alpha value is -0.910. The van der Waals surface area contributed by atoms with Gasteiger partial charge in [0.1, 0.15) is 0 Å². The number of rotatable bonds is 3. The van der Waals surface area contributed by atoms with Gasteiger partial charge < -0.3 is 15.5 Å². The fourth-order valence-electron chi connectivity index (χ4n) is 1.20. The standard InChI is InChI=1S/C9H10ClF2NO2/c1-13-3-6(14)7-8(12)4(10)2-5(11)9(7)15/h2,6,13-15H,3H2,1H3. The van der Waals surface area contributed by atoms with Crippen LogP contribution in [0.2, 0.25) is 5.02 Å². The van der Waals surface area contributed by atoms with Crippen LogP contribution in [0.15, 0.2) is 6.07 Å². The molecule has 15 heavy (non-hydrogen) atoms. The van der Waals surface area contributed by atoms with Crippen molar-refractivity contribution in [2.45, 2.75) is 6.10 Å². The van der Waals surface area contributed by atoms with E-state index in [0.29, 0.717) is 6.07 Å². The number of benzene rings is 1. The Morgan fingerprint density at radius 1 is 1.53 bits per heavy atom. The number of nitrogens with one attached hydrogen (secondary N) is 1. The van der Waals surface area contributed by atoms with Crippen molar-refractivity contribution in [1.82, 2.24) is 5.32 Å². The van der Waals surface area contributed by atoms with Gasteiger partial charge in [0.05, 0.1) is 16.7 Å². The number of halogens is 3. The number of aromatic hydroxyl groups is 1. The molecule has 1 aromatic rings. The zero-order valence-corrected chi connectivity index (χ0v) is 8.65. The topological polar surface area (TPSA) is 52.5 Å². The molecule has 0 heterocycles. The van der Waals surface area contributed by atoms with Crippen molar-refractivity contribution >= 4 is 11.6 Å². The Bertz CT molecular complexity index is 347. The van der Waals surface area contributed by atoms with E-state index in [4.69, 9.17) is 11.6 Å². The Balaban J connectivity index is 3.26. The maximum absolute atomic E-state index is 13.4. The SMILES string of the molecule is CNCC(O)c1c(O)c(F)cc(Cl)c1F. The summed E-state index contributed by atoms with van der Waals surface area (Å²) in [4.78, 5) is 0. The van der Waals surface area contributed by atoms with Crippen molar-refractivity contribution in [2.75, 3.05) is 13.6 Å². The third-order valence-electron chi connectivity index (χ3n) is 1.91. The fraction of sp³-hybridized carbons (Fsp3) is 0.333. The molecule has 0 bridgehead atoms. The first kappa shape index (κ1) is 12.2. The molecule has 0 aromatic heterocycles. The van der Waals surface area contributed by atoms with Gasteiger partial charge in [0.2, 0.25) is 0 Å². The number of likely N-dealkylation sites (N-methyl/N-ethyl adjacent to an activating group) is 1. The predicted molar refractivity (Wildman–Crippen MR) is 51.9 cm³/mol. The zero-order chi connectivity index (χ0) is 11.6. The second-order valence-electron chi connectivity index (χ2n) is 2.99. The Labute approximate surface area is 90.3 Å². The van der Waals surface area contributed by atoms with Gasteiger partial charge in [0.15, 0.2) is 17.4 Å². The van der Waals surface area contributed by atoms with Gasteiger partial charge in [-0.25, -0.2) is 8.78 Å². The maximum atomic E-state index is 13.4. The van der Waals surface area contributed by atoms with Crippen molar-refractivity contribution in [3.8, 4) is 5.75 Å². The maximum Gasteiger partial charge on any atom is 0.166 e. The molecule has 0 fully saturated rings. The highest BCUT2D eigenvalue weighted by Crippen LogP contribution is 2.33. The molecule has 3 nitrogen and oxygen atoms in total. The third kappa shape index (κ3) is 2.37. The zero-order valence-electron chi connectivity index (χ0n) is 7.89. The van der Waals surface area contributed by atoms with Crippen LogP contribution in [0.4, 0.5) is 8.78 Å². The highest BCUT2D eigenvalue weighted by atomic mass is 35.5. The first-order valence-electron chi connectivity index (χ1n) is 4.18. The normalized spacial score (nSPS) is 12.9. The first-order valence-corrected chi connectivity index (χ1v) is 4.55. The molecule has 1 unspecified atom stereocenters. The quantitative estimate of drug-likeness (QED) is 0.700. The lowest BCUT2D eigenvalue weighted by Crippen LogP contribution is -2.18. The molecule has 0 saturated heterocycles. The molecular weight excluding hydrogens is 228 g/mol. The summed E-state index contributed by atoms with van der Waals surface area (Å²) < 4.78 is 26.4. The van der Waals surface area contributed by atoms with E-state index in [-0.39, 0.29) is 6.54 Å². The van der Waals surface area contributed by atoms with E-state index in [1.807, 2.05) is 0 Å². The van der Waals surface area contributed by atoms with E-state index in [1.54, 1.807) is 0 Å². The Morgan fingerprint density at radius 2 is 2.13 bits per heavy atom. The van der Waals surface area contributed by atoms with Crippen LogP contribution in [-0.4, -0.2) is 23.8 Å². The highest BCUT2D eigenvalue weighted by molar-refractivity contribution is 6.30. The minimum absolute atomic E-state index is 0.0235. The number of phenols is 1. The summed E-state index contributed by atoms with van der Waals surface area (Å²) in [6.45, 7) is -0.0235.